The third kappa shape index (κ3) is 4.73. The van der Waals surface area contributed by atoms with Gasteiger partial charge in [0.2, 0.25) is 0 Å². The normalized spacial score (nSPS) is 13.4. The topological polar surface area (TPSA) is 60.5 Å². The van der Waals surface area contributed by atoms with Gasteiger partial charge in [-0.2, -0.15) is 0 Å². The van der Waals surface area contributed by atoms with E-state index in [1.54, 1.807) is 6.20 Å². The summed E-state index contributed by atoms with van der Waals surface area (Å²) in [5.74, 6) is 0.610. The third-order valence-electron chi connectivity index (χ3n) is 4.39. The van der Waals surface area contributed by atoms with Gasteiger partial charge in [-0.25, -0.2) is 0 Å². The number of hydrogen-bond donors (Lipinski definition) is 1. The van der Waals surface area contributed by atoms with Crippen LogP contribution in [0, 0.1) is 0 Å². The van der Waals surface area contributed by atoms with E-state index in [9.17, 15) is 4.79 Å². The van der Waals surface area contributed by atoms with Crippen molar-refractivity contribution in [3.63, 3.8) is 0 Å². The Morgan fingerprint density at radius 3 is 2.69 bits per heavy atom. The molecule has 26 heavy (non-hydrogen) atoms. The molecule has 2 aromatic rings. The minimum absolute atomic E-state index is 0.125. The number of carbonyl (C=O) groups excluding carboxylic acids is 1. The lowest BCUT2D eigenvalue weighted by atomic mass is 9.97. The van der Waals surface area contributed by atoms with Gasteiger partial charge >= 0.3 is 0 Å². The van der Waals surface area contributed by atoms with Gasteiger partial charge in [-0.15, -0.1) is 0 Å². The van der Waals surface area contributed by atoms with Crippen molar-refractivity contribution in [2.24, 2.45) is 0 Å². The number of hydrogen-bond acceptors (Lipinski definition) is 4. The largest absolute Gasteiger partial charge is 0.491 e. The maximum Gasteiger partial charge on any atom is 0.256 e. The van der Waals surface area contributed by atoms with Gasteiger partial charge in [-0.05, 0) is 51.0 Å². The Bertz CT molecular complexity index is 732. The van der Waals surface area contributed by atoms with Crippen LogP contribution in [0.25, 0.3) is 10.9 Å². The summed E-state index contributed by atoms with van der Waals surface area (Å²) in [5.41, 5.74) is 0.645. The molecule has 1 atom stereocenters. The predicted octanol–water partition coefficient (Wildman–Crippen LogP) is 4.95. The highest BCUT2D eigenvalue weighted by molar-refractivity contribution is 6.05. The number of benzene rings is 1. The van der Waals surface area contributed by atoms with Crippen LogP contribution in [0.15, 0.2) is 30.5 Å². The first-order chi connectivity index (χ1) is 12.6. The zero-order valence-corrected chi connectivity index (χ0v) is 16.3. The van der Waals surface area contributed by atoms with Crippen molar-refractivity contribution in [3.8, 4) is 5.75 Å². The fraction of sp³-hybridized carbons (Fsp3) is 0.524. The van der Waals surface area contributed by atoms with Crippen molar-refractivity contribution < 1.29 is 14.3 Å². The van der Waals surface area contributed by atoms with Crippen molar-refractivity contribution in [1.82, 2.24) is 4.98 Å². The summed E-state index contributed by atoms with van der Waals surface area (Å²) in [6, 6.07) is 7.55. The molecule has 142 valence electrons. The fourth-order valence-corrected chi connectivity index (χ4v) is 2.92. The van der Waals surface area contributed by atoms with Gasteiger partial charge in [0.05, 0.1) is 12.3 Å². The predicted molar refractivity (Wildman–Crippen MR) is 106 cm³/mol. The number of carbonyl (C=O) groups is 1. The van der Waals surface area contributed by atoms with Crippen molar-refractivity contribution in [1.29, 1.82) is 0 Å². The molecule has 1 unspecified atom stereocenters. The maximum absolute atomic E-state index is 12.9. The molecule has 0 spiro atoms. The summed E-state index contributed by atoms with van der Waals surface area (Å²) >= 11 is 0. The van der Waals surface area contributed by atoms with Crippen LogP contribution in [0.3, 0.4) is 0 Å². The summed E-state index contributed by atoms with van der Waals surface area (Å²) in [6.45, 7) is 9.08. The van der Waals surface area contributed by atoms with Crippen LogP contribution in [0.4, 0.5) is 5.69 Å². The smallest absolute Gasteiger partial charge is 0.256 e. The molecule has 2 rings (SSSR count). The molecule has 0 fully saturated rings. The molecule has 0 aliphatic heterocycles. The summed E-state index contributed by atoms with van der Waals surface area (Å²) in [5, 5.41) is 3.91. The number of aromatic nitrogens is 1. The van der Waals surface area contributed by atoms with Crippen LogP contribution in [-0.2, 0) is 9.53 Å². The SMILES string of the molecule is CCCCC(C)(OCC)C(=O)Nc1ccc(OCCC)c2ncccc12. The fourth-order valence-electron chi connectivity index (χ4n) is 2.92. The Kier molecular flexibility index (Phi) is 7.39. The number of nitrogens with zero attached hydrogens (tertiary/aromatic N) is 1. The van der Waals surface area contributed by atoms with E-state index in [2.05, 4.69) is 24.1 Å². The molecule has 0 saturated carbocycles. The van der Waals surface area contributed by atoms with Gasteiger partial charge in [0.1, 0.15) is 16.9 Å². The second-order valence-electron chi connectivity index (χ2n) is 6.58. The number of pyridine rings is 1. The van der Waals surface area contributed by atoms with Gasteiger partial charge in [0, 0.05) is 18.2 Å². The molecule has 0 saturated heterocycles. The minimum atomic E-state index is -0.837. The number of fused-ring (bicyclic) bond motifs is 1. The summed E-state index contributed by atoms with van der Waals surface area (Å²) in [6.07, 6.45) is 5.31. The first-order valence-electron chi connectivity index (χ1n) is 9.51. The molecule has 0 aliphatic rings. The quantitative estimate of drug-likeness (QED) is 0.653. The van der Waals surface area contributed by atoms with Crippen molar-refractivity contribution in [2.45, 2.75) is 59.0 Å². The molecule has 5 heteroatoms. The lowest BCUT2D eigenvalue weighted by molar-refractivity contribution is -0.139. The molecule has 1 aromatic heterocycles. The molecular weight excluding hydrogens is 328 g/mol. The van der Waals surface area contributed by atoms with E-state index in [1.165, 1.54) is 0 Å². The molecular formula is C21H30N2O3. The van der Waals surface area contributed by atoms with Gasteiger partial charge in [0.15, 0.2) is 0 Å². The van der Waals surface area contributed by atoms with Crippen molar-refractivity contribution in [2.75, 3.05) is 18.5 Å². The average molecular weight is 358 g/mol. The van der Waals surface area contributed by atoms with Crippen LogP contribution in [0.2, 0.25) is 0 Å². The molecule has 1 amide bonds. The number of anilines is 1. The summed E-state index contributed by atoms with van der Waals surface area (Å²) < 4.78 is 11.6. The van der Waals surface area contributed by atoms with Crippen LogP contribution in [0.1, 0.15) is 53.4 Å². The number of ether oxygens (including phenoxy) is 2. The lowest BCUT2D eigenvalue weighted by Gasteiger charge is -2.28. The van der Waals surface area contributed by atoms with E-state index in [0.29, 0.717) is 19.6 Å². The standard InChI is InChI=1S/C21H30N2O3/c1-5-8-13-21(4,26-7-3)20(24)23-17-11-12-18(25-15-6-2)19-16(17)10-9-14-22-19/h9-12,14H,5-8,13,15H2,1-4H3,(H,23,24). The zero-order chi connectivity index (χ0) is 19.0. The highest BCUT2D eigenvalue weighted by Gasteiger charge is 2.33. The number of rotatable bonds is 10. The van der Waals surface area contributed by atoms with Gasteiger partial charge in [0.25, 0.3) is 5.91 Å². The Balaban J connectivity index is 2.31. The second-order valence-corrected chi connectivity index (χ2v) is 6.58. The van der Waals surface area contributed by atoms with Gasteiger partial charge < -0.3 is 14.8 Å². The minimum Gasteiger partial charge on any atom is -0.491 e. The molecule has 1 aromatic carbocycles. The van der Waals surface area contributed by atoms with E-state index in [-0.39, 0.29) is 5.91 Å². The molecule has 1 heterocycles. The summed E-state index contributed by atoms with van der Waals surface area (Å²) in [4.78, 5) is 17.4. The molecule has 0 aliphatic carbocycles. The Labute approximate surface area is 156 Å². The monoisotopic (exact) mass is 358 g/mol. The third-order valence-corrected chi connectivity index (χ3v) is 4.39. The van der Waals surface area contributed by atoms with E-state index >= 15 is 0 Å². The van der Waals surface area contributed by atoms with Gasteiger partial charge in [-0.1, -0.05) is 26.7 Å². The van der Waals surface area contributed by atoms with Crippen LogP contribution < -0.4 is 10.1 Å². The first kappa shape index (κ1) is 20.2. The van der Waals surface area contributed by atoms with Crippen molar-refractivity contribution in [3.05, 3.63) is 30.5 Å². The molecule has 5 nitrogen and oxygen atoms in total. The van der Waals surface area contributed by atoms with Crippen LogP contribution >= 0.6 is 0 Å². The number of nitrogens with one attached hydrogen (secondary N) is 1. The first-order valence-corrected chi connectivity index (χ1v) is 9.51. The Hall–Kier alpha value is -2.14. The van der Waals surface area contributed by atoms with E-state index in [4.69, 9.17) is 9.47 Å². The maximum atomic E-state index is 12.9. The number of amides is 1. The van der Waals surface area contributed by atoms with Crippen LogP contribution in [-0.4, -0.2) is 29.7 Å². The zero-order valence-electron chi connectivity index (χ0n) is 16.3. The van der Waals surface area contributed by atoms with Crippen molar-refractivity contribution >= 4 is 22.5 Å². The average Bonchev–Trinajstić information content (AvgIpc) is 2.66. The Morgan fingerprint density at radius 1 is 1.19 bits per heavy atom. The highest BCUT2D eigenvalue weighted by Crippen LogP contribution is 2.31. The lowest BCUT2D eigenvalue weighted by Crippen LogP contribution is -2.42. The van der Waals surface area contributed by atoms with E-state index in [0.717, 1.165) is 41.6 Å². The van der Waals surface area contributed by atoms with E-state index in [1.807, 2.05) is 38.1 Å². The van der Waals surface area contributed by atoms with Crippen LogP contribution in [0.5, 0.6) is 5.75 Å². The Morgan fingerprint density at radius 2 is 2.00 bits per heavy atom. The molecule has 1 N–H and O–H groups in total. The molecule has 0 bridgehead atoms. The van der Waals surface area contributed by atoms with E-state index < -0.39 is 5.60 Å². The second kappa shape index (κ2) is 9.53. The van der Waals surface area contributed by atoms with Gasteiger partial charge in [-0.3, -0.25) is 9.78 Å². The highest BCUT2D eigenvalue weighted by atomic mass is 16.5. The number of unbranched alkanes of at least 4 members (excludes halogenated alkanes) is 1. The summed E-state index contributed by atoms with van der Waals surface area (Å²) in [7, 11) is 0. The molecule has 0 radical (unpaired) electrons.